The molecule has 1 atom stereocenters. The molecule has 0 spiro atoms. The van der Waals surface area contributed by atoms with Gasteiger partial charge in [0.05, 0.1) is 12.2 Å². The zero-order chi connectivity index (χ0) is 22.5. The first kappa shape index (κ1) is 23.8. The first-order valence-corrected chi connectivity index (χ1v) is 9.68. The van der Waals surface area contributed by atoms with Gasteiger partial charge in [0.15, 0.2) is 35.0 Å². The maximum absolute atomic E-state index is 14.2. The summed E-state index contributed by atoms with van der Waals surface area (Å²) in [7, 11) is 0. The lowest BCUT2D eigenvalue weighted by Gasteiger charge is -2.24. The van der Waals surface area contributed by atoms with Gasteiger partial charge in [0, 0.05) is 18.7 Å². The summed E-state index contributed by atoms with van der Waals surface area (Å²) in [4.78, 5) is 29.8. The molecule has 2 N–H and O–H groups in total. The van der Waals surface area contributed by atoms with Gasteiger partial charge in [0.25, 0.3) is 0 Å². The number of hydrogen-bond acceptors (Lipinski definition) is 5. The second-order valence-electron chi connectivity index (χ2n) is 7.04. The Morgan fingerprint density at radius 1 is 1.20 bits per heavy atom. The number of amidine groups is 1. The Kier molecular flexibility index (Phi) is 7.94. The number of nitrogens with zero attached hydrogens (tertiary/aromatic N) is 1. The Labute approximate surface area is 171 Å². The van der Waals surface area contributed by atoms with Crippen LogP contribution >= 0.6 is 0 Å². The quantitative estimate of drug-likeness (QED) is 0.0868. The van der Waals surface area contributed by atoms with Gasteiger partial charge >= 0.3 is 5.97 Å². The number of ketones is 1. The zero-order valence-electron chi connectivity index (χ0n) is 16.7. The van der Waals surface area contributed by atoms with Gasteiger partial charge in [-0.1, -0.05) is 6.92 Å². The molecule has 1 fully saturated rings. The molecule has 30 heavy (non-hydrogen) atoms. The highest BCUT2D eigenvalue weighted by atomic mass is 19.2. The van der Waals surface area contributed by atoms with E-state index in [2.05, 4.69) is 10.3 Å². The number of carbonyl (C=O) groups is 2. The number of nitrogens with one attached hydrogen (secondary N) is 1. The minimum Gasteiger partial charge on any atom is -0.465 e. The van der Waals surface area contributed by atoms with Gasteiger partial charge in [-0.25, -0.2) is 17.6 Å². The fourth-order valence-corrected chi connectivity index (χ4v) is 2.99. The number of aliphatic imine (C=N–C) groups is 1. The summed E-state index contributed by atoms with van der Waals surface area (Å²) in [6.45, 7) is 3.22. The lowest BCUT2D eigenvalue weighted by atomic mass is 9.94. The van der Waals surface area contributed by atoms with Crippen molar-refractivity contribution in [2.75, 3.05) is 19.8 Å². The Hall–Kier alpha value is -2.49. The van der Waals surface area contributed by atoms with Crippen LogP contribution in [0.25, 0.3) is 0 Å². The number of halogens is 4. The van der Waals surface area contributed by atoms with Crippen molar-refractivity contribution in [3.8, 4) is 0 Å². The third kappa shape index (κ3) is 5.16. The van der Waals surface area contributed by atoms with Crippen molar-refractivity contribution in [2.45, 2.75) is 45.1 Å². The van der Waals surface area contributed by atoms with E-state index in [4.69, 9.17) is 4.74 Å². The fourth-order valence-electron chi connectivity index (χ4n) is 2.99. The summed E-state index contributed by atoms with van der Waals surface area (Å²) >= 11 is 0. The number of hydrogen-bond donors (Lipinski definition) is 2. The van der Waals surface area contributed by atoms with E-state index >= 15 is 0 Å². The summed E-state index contributed by atoms with van der Waals surface area (Å²) < 4.78 is 59.8. The van der Waals surface area contributed by atoms with Crippen LogP contribution in [0.1, 0.15) is 49.9 Å². The predicted octanol–water partition coefficient (Wildman–Crippen LogP) is 2.92. The van der Waals surface area contributed by atoms with Gasteiger partial charge in [-0.05, 0) is 38.7 Å². The Balaban J connectivity index is 2.52. The highest BCUT2D eigenvalue weighted by Crippen LogP contribution is 2.39. The molecule has 1 aromatic rings. The van der Waals surface area contributed by atoms with Crippen molar-refractivity contribution >= 4 is 17.6 Å². The van der Waals surface area contributed by atoms with Crippen LogP contribution in [-0.2, 0) is 9.53 Å². The zero-order valence-corrected chi connectivity index (χ0v) is 16.7. The van der Waals surface area contributed by atoms with E-state index in [-0.39, 0.29) is 31.7 Å². The maximum atomic E-state index is 14.2. The topological polar surface area (TPSA) is 88.0 Å². The van der Waals surface area contributed by atoms with E-state index in [1.54, 1.807) is 6.92 Å². The molecule has 10 heteroatoms. The van der Waals surface area contributed by atoms with E-state index in [0.717, 1.165) is 0 Å². The van der Waals surface area contributed by atoms with Crippen LogP contribution < -0.4 is 5.32 Å². The Morgan fingerprint density at radius 3 is 2.40 bits per heavy atom. The second kappa shape index (κ2) is 10.0. The van der Waals surface area contributed by atoms with Crippen molar-refractivity contribution in [2.24, 2.45) is 10.9 Å². The minimum absolute atomic E-state index is 0.111. The van der Waals surface area contributed by atoms with Crippen molar-refractivity contribution in [3.05, 3.63) is 34.9 Å². The molecule has 0 radical (unpaired) electrons. The number of ether oxygens (including phenoxy) is 1. The third-order valence-corrected chi connectivity index (χ3v) is 4.77. The monoisotopic (exact) mass is 432 g/mol. The normalized spacial score (nSPS) is 16.2. The highest BCUT2D eigenvalue weighted by Gasteiger charge is 2.46. The number of carbonyl (C=O) groups excluding carboxylic acids is 2. The van der Waals surface area contributed by atoms with E-state index in [9.17, 15) is 32.3 Å². The van der Waals surface area contributed by atoms with Gasteiger partial charge in [-0.15, -0.1) is 0 Å². The molecule has 0 amide bonds. The average molecular weight is 432 g/mol. The lowest BCUT2D eigenvalue weighted by molar-refractivity contribution is -0.144. The predicted molar refractivity (Wildman–Crippen MR) is 100 cm³/mol. The lowest BCUT2D eigenvalue weighted by Crippen LogP contribution is -2.47. The molecule has 1 aliphatic rings. The summed E-state index contributed by atoms with van der Waals surface area (Å²) in [5, 5.41) is 12.2. The molecular formula is C20H24F4N2O4. The second-order valence-corrected chi connectivity index (χ2v) is 7.04. The first-order chi connectivity index (χ1) is 14.2. The van der Waals surface area contributed by atoms with Crippen molar-refractivity contribution in [3.63, 3.8) is 0 Å². The molecule has 1 unspecified atom stereocenters. The van der Waals surface area contributed by atoms with Gasteiger partial charge in [-0.3, -0.25) is 14.6 Å². The number of benzene rings is 1. The molecule has 1 aliphatic carbocycles. The molecular weight excluding hydrogens is 408 g/mol. The van der Waals surface area contributed by atoms with E-state index in [0.29, 0.717) is 25.7 Å². The van der Waals surface area contributed by atoms with Crippen LogP contribution in [0.15, 0.2) is 11.1 Å². The van der Waals surface area contributed by atoms with Gasteiger partial charge in [0.2, 0.25) is 0 Å². The van der Waals surface area contributed by atoms with E-state index in [1.165, 1.54) is 6.92 Å². The van der Waals surface area contributed by atoms with Crippen molar-refractivity contribution < 1.29 is 37.0 Å². The van der Waals surface area contributed by atoms with Crippen molar-refractivity contribution in [1.82, 2.24) is 5.32 Å². The minimum atomic E-state index is -2.15. The fraction of sp³-hybridized carbons (Fsp3) is 0.550. The largest absolute Gasteiger partial charge is 0.465 e. The molecule has 0 heterocycles. The van der Waals surface area contributed by atoms with Crippen LogP contribution in [0.5, 0.6) is 0 Å². The average Bonchev–Trinajstić information content (AvgIpc) is 3.46. The number of rotatable bonds is 10. The van der Waals surface area contributed by atoms with E-state index in [1.807, 2.05) is 0 Å². The van der Waals surface area contributed by atoms with Crippen molar-refractivity contribution in [1.29, 1.82) is 0 Å². The van der Waals surface area contributed by atoms with Crippen LogP contribution in [0, 0.1) is 29.2 Å². The number of Topliss-reactive ketones (excluding diaryl/α,β-unsaturated/α-hetero) is 1. The third-order valence-electron chi connectivity index (χ3n) is 4.77. The molecule has 1 aromatic carbocycles. The maximum Gasteiger partial charge on any atom is 0.324 e. The van der Waals surface area contributed by atoms with Gasteiger partial charge < -0.3 is 15.2 Å². The van der Waals surface area contributed by atoms with Crippen LogP contribution in [-0.4, -0.2) is 48.0 Å². The number of aliphatic hydroxyl groups is 1. The van der Waals surface area contributed by atoms with Gasteiger partial charge in [0.1, 0.15) is 5.84 Å². The summed E-state index contributed by atoms with van der Waals surface area (Å²) in [5.41, 5.74) is -1.72. The molecule has 6 nitrogen and oxygen atoms in total. The molecule has 0 bridgehead atoms. The Bertz CT molecular complexity index is 841. The standard InChI is InChI=1S/C20H24F4N2O4/c1-3-8-25-18(26-20(5-6-20)7-9-27)13(19(29)30-4-2)17(28)11-10-12(21)15(23)16(24)14(11)22/h10,13,27H,3-9H2,1-2H3,(H,25,26). The molecule has 0 aromatic heterocycles. The highest BCUT2D eigenvalue weighted by molar-refractivity contribution is 6.23. The van der Waals surface area contributed by atoms with E-state index < -0.39 is 52.0 Å². The Morgan fingerprint density at radius 2 is 1.87 bits per heavy atom. The summed E-state index contributed by atoms with van der Waals surface area (Å²) in [5.74, 6) is -12.3. The first-order valence-electron chi connectivity index (χ1n) is 9.68. The SMILES string of the molecule is CCCN=C(NC1(CCO)CC1)C(C(=O)OCC)C(=O)c1cc(F)c(F)c(F)c1F. The summed E-state index contributed by atoms with van der Waals surface area (Å²) in [6, 6.07) is 0.209. The summed E-state index contributed by atoms with van der Waals surface area (Å²) in [6.07, 6.45) is 2.14. The van der Waals surface area contributed by atoms with Crippen LogP contribution in [0.3, 0.4) is 0 Å². The molecule has 2 rings (SSSR count). The van der Waals surface area contributed by atoms with Crippen LogP contribution in [0.2, 0.25) is 0 Å². The van der Waals surface area contributed by atoms with Crippen LogP contribution in [0.4, 0.5) is 17.6 Å². The van der Waals surface area contributed by atoms with Gasteiger partial charge in [-0.2, -0.15) is 0 Å². The smallest absolute Gasteiger partial charge is 0.324 e. The molecule has 1 saturated carbocycles. The molecule has 0 saturated heterocycles. The number of aliphatic hydroxyl groups excluding tert-OH is 1. The molecule has 0 aliphatic heterocycles. The molecule has 166 valence electrons. The number of esters is 1.